The Hall–Kier alpha value is -3.17. The normalized spacial score (nSPS) is 11.8. The van der Waals surface area contributed by atoms with Crippen molar-refractivity contribution in [2.45, 2.75) is 32.6 Å². The van der Waals surface area contributed by atoms with Gasteiger partial charge in [0.1, 0.15) is 5.82 Å². The van der Waals surface area contributed by atoms with Gasteiger partial charge in [-0.05, 0) is 66.4 Å². The SMILES string of the molecule is CCCCc1ccc(Cc2nc(-c3ccc(Cl)cc3Cl)cn2-c2ccc(NCC(=O)NS(=O)[O-])cc2)cc1. The highest BCUT2D eigenvalue weighted by molar-refractivity contribution is 7.77. The van der Waals surface area contributed by atoms with Crippen LogP contribution >= 0.6 is 23.2 Å². The van der Waals surface area contributed by atoms with Gasteiger partial charge in [-0.15, -0.1) is 0 Å². The van der Waals surface area contributed by atoms with Gasteiger partial charge in [-0.3, -0.25) is 13.7 Å². The molecule has 1 atom stereocenters. The molecule has 0 aliphatic heterocycles. The lowest BCUT2D eigenvalue weighted by atomic mass is 10.0. The maximum Gasteiger partial charge on any atom is 0.250 e. The van der Waals surface area contributed by atoms with Crippen LogP contribution < -0.4 is 10.0 Å². The van der Waals surface area contributed by atoms with Crippen LogP contribution in [0.5, 0.6) is 0 Å². The molecule has 0 saturated carbocycles. The molecule has 10 heteroatoms. The number of hydrogen-bond acceptors (Lipinski definition) is 5. The first kappa shape index (κ1) is 27.9. The minimum absolute atomic E-state index is 0.170. The van der Waals surface area contributed by atoms with Crippen LogP contribution in [0.2, 0.25) is 10.0 Å². The first-order valence-corrected chi connectivity index (χ1v) is 14.0. The number of halogens is 2. The molecule has 0 saturated heterocycles. The standard InChI is InChI=1S/C28H28Cl2N4O3S/c1-2-3-4-19-5-7-20(8-6-19)15-27-32-26(24-14-9-21(29)16-25(24)30)18-34(27)23-12-10-22(11-13-23)31-17-28(35)33-38(36)37/h5-14,16,18,31H,2-4,15,17H2,1H3,(H,33,35)(H,36,37)/p-1. The number of rotatable bonds is 11. The van der Waals surface area contributed by atoms with Crippen molar-refractivity contribution < 1.29 is 13.6 Å². The molecule has 38 heavy (non-hydrogen) atoms. The highest BCUT2D eigenvalue weighted by atomic mass is 35.5. The number of nitrogens with one attached hydrogen (secondary N) is 2. The maximum absolute atomic E-state index is 11.6. The van der Waals surface area contributed by atoms with Crippen molar-refractivity contribution in [3.63, 3.8) is 0 Å². The lowest BCUT2D eigenvalue weighted by Crippen LogP contribution is -2.31. The molecule has 0 aliphatic carbocycles. The number of imidazole rings is 1. The van der Waals surface area contributed by atoms with Crippen LogP contribution in [-0.2, 0) is 28.9 Å². The molecule has 0 bridgehead atoms. The fourth-order valence-corrected chi connectivity index (χ4v) is 4.80. The summed E-state index contributed by atoms with van der Waals surface area (Å²) in [4.78, 5) is 16.5. The molecular formula is C28H27Cl2N4O3S-. The van der Waals surface area contributed by atoms with Crippen LogP contribution in [0, 0.1) is 0 Å². The lowest BCUT2D eigenvalue weighted by molar-refractivity contribution is -0.117. The number of carbonyl (C=O) groups is 1. The van der Waals surface area contributed by atoms with Crippen molar-refractivity contribution in [2.24, 2.45) is 0 Å². The van der Waals surface area contributed by atoms with E-state index in [-0.39, 0.29) is 6.54 Å². The van der Waals surface area contributed by atoms with Crippen molar-refractivity contribution in [1.29, 1.82) is 0 Å². The Morgan fingerprint density at radius 2 is 1.74 bits per heavy atom. The van der Waals surface area contributed by atoms with E-state index in [1.165, 1.54) is 12.0 Å². The van der Waals surface area contributed by atoms with Gasteiger partial charge >= 0.3 is 0 Å². The summed E-state index contributed by atoms with van der Waals surface area (Å²) in [5.74, 6) is 0.190. The van der Waals surface area contributed by atoms with Gasteiger partial charge in [-0.1, -0.05) is 60.8 Å². The Morgan fingerprint density at radius 1 is 1.03 bits per heavy atom. The second-order valence-electron chi connectivity index (χ2n) is 8.79. The van der Waals surface area contributed by atoms with Crippen LogP contribution in [0.15, 0.2) is 72.9 Å². The molecule has 0 spiro atoms. The van der Waals surface area contributed by atoms with Crippen LogP contribution in [-0.4, -0.2) is 30.8 Å². The molecule has 1 heterocycles. The smallest absolute Gasteiger partial charge is 0.250 e. The van der Waals surface area contributed by atoms with E-state index < -0.39 is 17.2 Å². The van der Waals surface area contributed by atoms with Crippen LogP contribution in [0.1, 0.15) is 36.7 Å². The van der Waals surface area contributed by atoms with Gasteiger partial charge in [0.05, 0.1) is 17.3 Å². The Balaban J connectivity index is 1.61. The van der Waals surface area contributed by atoms with Crippen molar-refractivity contribution in [3.8, 4) is 16.9 Å². The van der Waals surface area contributed by atoms with Gasteiger partial charge in [0, 0.05) is 45.8 Å². The number of benzene rings is 3. The van der Waals surface area contributed by atoms with Crippen LogP contribution in [0.25, 0.3) is 16.9 Å². The monoisotopic (exact) mass is 569 g/mol. The topological polar surface area (TPSA) is 99.1 Å². The summed E-state index contributed by atoms with van der Waals surface area (Å²) in [7, 11) is 0. The summed E-state index contributed by atoms with van der Waals surface area (Å²) in [6.07, 6.45) is 5.97. The van der Waals surface area contributed by atoms with E-state index in [1.807, 2.05) is 41.1 Å². The lowest BCUT2D eigenvalue weighted by Gasteiger charge is -2.11. The Morgan fingerprint density at radius 3 is 2.39 bits per heavy atom. The molecular weight excluding hydrogens is 543 g/mol. The van der Waals surface area contributed by atoms with Crippen molar-refractivity contribution in [1.82, 2.24) is 14.3 Å². The molecule has 0 fully saturated rings. The third-order valence-corrected chi connectivity index (χ3v) is 6.93. The van der Waals surface area contributed by atoms with E-state index in [0.29, 0.717) is 22.2 Å². The van der Waals surface area contributed by atoms with E-state index >= 15 is 0 Å². The second-order valence-corrected chi connectivity index (χ2v) is 10.3. The molecule has 198 valence electrons. The molecule has 4 aromatic rings. The van der Waals surface area contributed by atoms with Gasteiger partial charge in [0.15, 0.2) is 0 Å². The number of nitrogens with zero attached hydrogens (tertiary/aromatic N) is 2. The molecule has 0 radical (unpaired) electrons. The minimum Gasteiger partial charge on any atom is -0.755 e. The van der Waals surface area contributed by atoms with Crippen LogP contribution in [0.3, 0.4) is 0 Å². The van der Waals surface area contributed by atoms with Gasteiger partial charge in [-0.2, -0.15) is 0 Å². The predicted octanol–water partition coefficient (Wildman–Crippen LogP) is 6.10. The molecule has 7 nitrogen and oxygen atoms in total. The molecule has 1 unspecified atom stereocenters. The molecule has 1 amide bonds. The highest BCUT2D eigenvalue weighted by Crippen LogP contribution is 2.31. The van der Waals surface area contributed by atoms with Crippen molar-refractivity contribution >= 4 is 46.1 Å². The first-order valence-electron chi connectivity index (χ1n) is 12.2. The number of aromatic nitrogens is 2. The quantitative estimate of drug-likeness (QED) is 0.212. The molecule has 4 rings (SSSR count). The largest absolute Gasteiger partial charge is 0.755 e. The average Bonchev–Trinajstić information content (AvgIpc) is 3.30. The van der Waals surface area contributed by atoms with E-state index in [0.717, 1.165) is 41.2 Å². The number of hydrogen-bond donors (Lipinski definition) is 2. The number of anilines is 1. The van der Waals surface area contributed by atoms with Crippen LogP contribution in [0.4, 0.5) is 5.69 Å². The third-order valence-electron chi connectivity index (χ3n) is 5.99. The average molecular weight is 571 g/mol. The summed E-state index contributed by atoms with van der Waals surface area (Å²) in [5.41, 5.74) is 5.53. The zero-order valence-electron chi connectivity index (χ0n) is 20.7. The summed E-state index contributed by atoms with van der Waals surface area (Å²) in [5, 5.41) is 3.98. The summed E-state index contributed by atoms with van der Waals surface area (Å²) >= 11 is 9.95. The summed E-state index contributed by atoms with van der Waals surface area (Å²) in [6.45, 7) is 2.02. The number of unbranched alkanes of at least 4 members (excludes halogenated alkanes) is 1. The Kier molecular flexibility index (Phi) is 9.58. The molecule has 1 aromatic heterocycles. The van der Waals surface area contributed by atoms with E-state index in [4.69, 9.17) is 28.2 Å². The van der Waals surface area contributed by atoms with E-state index in [1.54, 1.807) is 16.9 Å². The van der Waals surface area contributed by atoms with Gasteiger partial charge < -0.3 is 14.4 Å². The molecule has 2 N–H and O–H groups in total. The fraction of sp³-hybridized carbons (Fsp3) is 0.214. The van der Waals surface area contributed by atoms with Gasteiger partial charge in [0.25, 0.3) is 0 Å². The number of carbonyl (C=O) groups excluding carboxylic acids is 1. The minimum atomic E-state index is -2.64. The number of amides is 1. The van der Waals surface area contributed by atoms with Gasteiger partial charge in [0.2, 0.25) is 5.91 Å². The van der Waals surface area contributed by atoms with Crippen molar-refractivity contribution in [2.75, 3.05) is 11.9 Å². The molecule has 0 aliphatic rings. The van der Waals surface area contributed by atoms with Gasteiger partial charge in [-0.25, -0.2) is 4.98 Å². The highest BCUT2D eigenvalue weighted by Gasteiger charge is 2.15. The van der Waals surface area contributed by atoms with E-state index in [9.17, 15) is 13.6 Å². The second kappa shape index (κ2) is 13.1. The zero-order chi connectivity index (χ0) is 27.1. The summed E-state index contributed by atoms with van der Waals surface area (Å²) < 4.78 is 25.0. The first-order chi connectivity index (χ1) is 18.3. The zero-order valence-corrected chi connectivity index (χ0v) is 23.1. The molecule has 3 aromatic carbocycles. The maximum atomic E-state index is 11.6. The van der Waals surface area contributed by atoms with E-state index in [2.05, 4.69) is 36.5 Å². The predicted molar refractivity (Wildman–Crippen MR) is 152 cm³/mol. The van der Waals surface area contributed by atoms with Crippen molar-refractivity contribution in [3.05, 3.63) is 99.9 Å². The third kappa shape index (κ3) is 7.45. The number of aryl methyl sites for hydroxylation is 1. The Labute approximate surface area is 234 Å². The Bertz CT molecular complexity index is 1420. The fourth-order valence-electron chi connectivity index (χ4n) is 4.03. The summed E-state index contributed by atoms with van der Waals surface area (Å²) in [6, 6.07) is 21.4.